The minimum Gasteiger partial charge on any atom is -0.446 e. The van der Waals surface area contributed by atoms with Gasteiger partial charge in [-0.2, -0.15) is 0 Å². The molecule has 2 amide bonds. The summed E-state index contributed by atoms with van der Waals surface area (Å²) in [6.45, 7) is 4.30. The summed E-state index contributed by atoms with van der Waals surface area (Å²) in [7, 11) is 0. The van der Waals surface area contributed by atoms with Crippen molar-refractivity contribution in [1.29, 1.82) is 0 Å². The highest BCUT2D eigenvalue weighted by Gasteiger charge is 2.25. The van der Waals surface area contributed by atoms with E-state index in [9.17, 15) is 9.59 Å². The first-order chi connectivity index (χ1) is 17.0. The SMILES string of the molecule is C[C@H]1CCCC[C@H]1OC(=O)Nc1ccc(Cc2ccc(NC(=O)O[C@@H]3CCCC[C@@H]3C)cc2)cc1. The zero-order valence-electron chi connectivity index (χ0n) is 20.9. The van der Waals surface area contributed by atoms with Crippen LogP contribution in [0.4, 0.5) is 21.0 Å². The lowest BCUT2D eigenvalue weighted by atomic mass is 9.88. The molecule has 0 unspecified atom stereocenters. The van der Waals surface area contributed by atoms with Gasteiger partial charge >= 0.3 is 12.2 Å². The van der Waals surface area contributed by atoms with E-state index in [4.69, 9.17) is 9.47 Å². The van der Waals surface area contributed by atoms with Gasteiger partial charge in [-0.3, -0.25) is 10.6 Å². The van der Waals surface area contributed by atoms with Crippen LogP contribution in [0, 0.1) is 11.8 Å². The van der Waals surface area contributed by atoms with Crippen molar-refractivity contribution in [2.24, 2.45) is 11.8 Å². The van der Waals surface area contributed by atoms with Crippen LogP contribution in [0.5, 0.6) is 0 Å². The van der Waals surface area contributed by atoms with Crippen LogP contribution in [0.2, 0.25) is 0 Å². The average molecular weight is 479 g/mol. The first kappa shape index (κ1) is 25.1. The lowest BCUT2D eigenvalue weighted by molar-refractivity contribution is 0.0520. The van der Waals surface area contributed by atoms with Gasteiger partial charge in [-0.05, 0) is 92.2 Å². The van der Waals surface area contributed by atoms with Gasteiger partial charge in [-0.15, -0.1) is 0 Å². The molecule has 35 heavy (non-hydrogen) atoms. The molecule has 2 aromatic rings. The number of benzene rings is 2. The molecule has 2 N–H and O–H groups in total. The molecule has 4 atom stereocenters. The van der Waals surface area contributed by atoms with Crippen molar-refractivity contribution in [1.82, 2.24) is 0 Å². The van der Waals surface area contributed by atoms with Crippen LogP contribution in [0.3, 0.4) is 0 Å². The van der Waals surface area contributed by atoms with Gasteiger partial charge < -0.3 is 9.47 Å². The Kier molecular flexibility index (Phi) is 8.67. The van der Waals surface area contributed by atoms with Crippen molar-refractivity contribution in [2.45, 2.75) is 83.8 Å². The average Bonchev–Trinajstić information content (AvgIpc) is 2.84. The third kappa shape index (κ3) is 7.48. The molecule has 2 saturated carbocycles. The van der Waals surface area contributed by atoms with Crippen molar-refractivity contribution in [3.8, 4) is 0 Å². The van der Waals surface area contributed by atoms with Gasteiger partial charge in [0.25, 0.3) is 0 Å². The van der Waals surface area contributed by atoms with Gasteiger partial charge in [0, 0.05) is 11.4 Å². The number of carbonyl (C=O) groups is 2. The maximum atomic E-state index is 12.3. The number of hydrogen-bond acceptors (Lipinski definition) is 4. The normalized spacial score (nSPS) is 24.3. The van der Waals surface area contributed by atoms with E-state index in [0.717, 1.165) is 67.4 Å². The Balaban J connectivity index is 1.23. The Morgan fingerprint density at radius 3 is 1.40 bits per heavy atom. The molecule has 6 heteroatoms. The summed E-state index contributed by atoms with van der Waals surface area (Å²) in [6.07, 6.45) is 8.84. The fourth-order valence-electron chi connectivity index (χ4n) is 5.13. The highest BCUT2D eigenvalue weighted by atomic mass is 16.6. The summed E-state index contributed by atoms with van der Waals surface area (Å²) < 4.78 is 11.3. The minimum atomic E-state index is -0.379. The van der Waals surface area contributed by atoms with Crippen LogP contribution in [0.25, 0.3) is 0 Å². The van der Waals surface area contributed by atoms with Crippen LogP contribution in [-0.2, 0) is 15.9 Å². The minimum absolute atomic E-state index is 0.0122. The molecule has 0 aromatic heterocycles. The molecular weight excluding hydrogens is 440 g/mol. The van der Waals surface area contributed by atoms with Gasteiger partial charge in [0.15, 0.2) is 0 Å². The Morgan fingerprint density at radius 2 is 1.03 bits per heavy atom. The first-order valence-electron chi connectivity index (χ1n) is 13.1. The zero-order chi connectivity index (χ0) is 24.6. The van der Waals surface area contributed by atoms with Gasteiger partial charge in [0.05, 0.1) is 0 Å². The molecule has 2 aliphatic carbocycles. The molecule has 2 aromatic carbocycles. The van der Waals surface area contributed by atoms with E-state index in [-0.39, 0.29) is 24.4 Å². The molecular formula is C29H38N2O4. The third-order valence-electron chi connectivity index (χ3n) is 7.39. The fraction of sp³-hybridized carbons (Fsp3) is 0.517. The fourth-order valence-corrected chi connectivity index (χ4v) is 5.13. The van der Waals surface area contributed by atoms with E-state index in [1.54, 1.807) is 0 Å². The van der Waals surface area contributed by atoms with Crippen LogP contribution in [0.1, 0.15) is 76.3 Å². The van der Waals surface area contributed by atoms with E-state index in [0.29, 0.717) is 11.8 Å². The zero-order valence-corrected chi connectivity index (χ0v) is 20.9. The Labute approximate surface area is 208 Å². The van der Waals surface area contributed by atoms with E-state index in [1.165, 1.54) is 12.8 Å². The lowest BCUT2D eigenvalue weighted by Crippen LogP contribution is -2.30. The lowest BCUT2D eigenvalue weighted by Gasteiger charge is -2.28. The summed E-state index contributed by atoms with van der Waals surface area (Å²) in [5, 5.41) is 5.69. The van der Waals surface area contributed by atoms with Gasteiger partial charge in [0.2, 0.25) is 0 Å². The predicted octanol–water partition coefficient (Wildman–Crippen LogP) is 7.53. The number of hydrogen-bond donors (Lipinski definition) is 2. The van der Waals surface area contributed by atoms with Gasteiger partial charge in [0.1, 0.15) is 12.2 Å². The molecule has 4 rings (SSSR count). The molecule has 6 nitrogen and oxygen atoms in total. The third-order valence-corrected chi connectivity index (χ3v) is 7.39. The van der Waals surface area contributed by atoms with Crippen molar-refractivity contribution in [3.05, 3.63) is 59.7 Å². The number of nitrogens with one attached hydrogen (secondary N) is 2. The molecule has 0 saturated heterocycles. The largest absolute Gasteiger partial charge is 0.446 e. The maximum Gasteiger partial charge on any atom is 0.411 e. The Hall–Kier alpha value is -3.02. The van der Waals surface area contributed by atoms with Crippen molar-refractivity contribution >= 4 is 23.6 Å². The van der Waals surface area contributed by atoms with E-state index in [1.807, 2.05) is 48.5 Å². The predicted molar refractivity (Wildman–Crippen MR) is 139 cm³/mol. The quantitative estimate of drug-likeness (QED) is 0.450. The van der Waals surface area contributed by atoms with Crippen LogP contribution < -0.4 is 10.6 Å². The molecule has 0 aliphatic heterocycles. The molecule has 0 spiro atoms. The smallest absolute Gasteiger partial charge is 0.411 e. The van der Waals surface area contributed by atoms with Gasteiger partial charge in [-0.25, -0.2) is 9.59 Å². The highest BCUT2D eigenvalue weighted by Crippen LogP contribution is 2.28. The molecule has 2 aliphatic rings. The van der Waals surface area contributed by atoms with Crippen LogP contribution in [-0.4, -0.2) is 24.4 Å². The summed E-state index contributed by atoms with van der Waals surface area (Å²) in [5.41, 5.74) is 3.73. The monoisotopic (exact) mass is 478 g/mol. The molecule has 0 radical (unpaired) electrons. The van der Waals surface area contributed by atoms with E-state index in [2.05, 4.69) is 24.5 Å². The summed E-state index contributed by atoms with van der Waals surface area (Å²) in [6, 6.07) is 15.6. The molecule has 0 bridgehead atoms. The van der Waals surface area contributed by atoms with Crippen molar-refractivity contribution in [2.75, 3.05) is 10.6 Å². The number of anilines is 2. The van der Waals surface area contributed by atoms with Crippen molar-refractivity contribution in [3.63, 3.8) is 0 Å². The second-order valence-corrected chi connectivity index (χ2v) is 10.2. The van der Waals surface area contributed by atoms with Crippen molar-refractivity contribution < 1.29 is 19.1 Å². The number of rotatable bonds is 6. The Morgan fingerprint density at radius 1 is 0.657 bits per heavy atom. The Bertz CT molecular complexity index is 894. The van der Waals surface area contributed by atoms with E-state index < -0.39 is 0 Å². The summed E-state index contributed by atoms with van der Waals surface area (Å²) in [4.78, 5) is 24.5. The number of amides is 2. The topological polar surface area (TPSA) is 76.7 Å². The highest BCUT2D eigenvalue weighted by molar-refractivity contribution is 5.85. The molecule has 2 fully saturated rings. The molecule has 0 heterocycles. The second-order valence-electron chi connectivity index (χ2n) is 10.2. The number of carbonyl (C=O) groups excluding carboxylic acids is 2. The summed E-state index contributed by atoms with van der Waals surface area (Å²) >= 11 is 0. The maximum absolute atomic E-state index is 12.3. The molecule has 188 valence electrons. The summed E-state index contributed by atoms with van der Waals surface area (Å²) in [5.74, 6) is 0.842. The first-order valence-corrected chi connectivity index (χ1v) is 13.1. The number of ether oxygens (including phenoxy) is 2. The second kappa shape index (κ2) is 12.1. The standard InChI is InChI=1S/C29H38N2O4/c1-20-7-3-5-9-26(20)34-28(32)30-24-15-11-22(12-16-24)19-23-13-17-25(18-14-23)31-29(33)35-27-10-6-4-8-21(27)2/h11-18,20-21,26-27H,3-10,19H2,1-2H3,(H,30,32)(H,31,33)/t20-,21-,26+,27+/m0/s1. The van der Waals surface area contributed by atoms with Crippen LogP contribution in [0.15, 0.2) is 48.5 Å². The van der Waals surface area contributed by atoms with Crippen LogP contribution >= 0.6 is 0 Å². The van der Waals surface area contributed by atoms with Gasteiger partial charge in [-0.1, -0.05) is 51.0 Å². The van der Waals surface area contributed by atoms with E-state index >= 15 is 0 Å².